The van der Waals surface area contributed by atoms with Crippen LogP contribution in [0.2, 0.25) is 0 Å². The number of carbonyl (C=O) groups excluding carboxylic acids is 2. The standard InChI is InChI=1S/C22H22F3N5O2S/c1-13-8-9-14(2)18(10-13)30-15(3)28-29-21(30)33-11-19(31)27-17-7-5-4-6-16(17)20(32)26-12-22(23,24)25/h4-10H,11-12H2,1-3H3,(H,26,32)(H,27,31). The van der Waals surface area contributed by atoms with Gasteiger partial charge in [-0.05, 0) is 50.1 Å². The monoisotopic (exact) mass is 477 g/mol. The van der Waals surface area contributed by atoms with Gasteiger partial charge in [0.2, 0.25) is 5.91 Å². The third-order valence-electron chi connectivity index (χ3n) is 4.63. The average Bonchev–Trinajstić information content (AvgIpc) is 3.12. The normalized spacial score (nSPS) is 11.3. The minimum Gasteiger partial charge on any atom is -0.343 e. The summed E-state index contributed by atoms with van der Waals surface area (Å²) >= 11 is 1.16. The molecule has 0 aliphatic heterocycles. The number of aromatic nitrogens is 3. The molecule has 174 valence electrons. The second-order valence-corrected chi connectivity index (χ2v) is 8.28. The van der Waals surface area contributed by atoms with E-state index in [4.69, 9.17) is 0 Å². The molecule has 2 aromatic carbocycles. The summed E-state index contributed by atoms with van der Waals surface area (Å²) in [4.78, 5) is 24.7. The Hall–Kier alpha value is -3.34. The molecule has 2 amide bonds. The number of alkyl halides is 3. The Morgan fingerprint density at radius 2 is 1.79 bits per heavy atom. The second-order valence-electron chi connectivity index (χ2n) is 7.34. The van der Waals surface area contributed by atoms with Crippen LogP contribution in [0.1, 0.15) is 27.3 Å². The van der Waals surface area contributed by atoms with Gasteiger partial charge < -0.3 is 10.6 Å². The lowest BCUT2D eigenvalue weighted by Crippen LogP contribution is -2.34. The molecular formula is C22H22F3N5O2S. The fourth-order valence-electron chi connectivity index (χ4n) is 3.06. The van der Waals surface area contributed by atoms with E-state index in [1.165, 1.54) is 18.2 Å². The molecule has 0 aliphatic carbocycles. The van der Waals surface area contributed by atoms with Gasteiger partial charge in [-0.3, -0.25) is 14.2 Å². The van der Waals surface area contributed by atoms with Gasteiger partial charge in [-0.2, -0.15) is 13.2 Å². The smallest absolute Gasteiger partial charge is 0.343 e. The molecule has 0 atom stereocenters. The molecule has 1 aromatic heterocycles. The number of carbonyl (C=O) groups is 2. The number of benzene rings is 2. The van der Waals surface area contributed by atoms with Crippen LogP contribution in [0.25, 0.3) is 5.69 Å². The van der Waals surface area contributed by atoms with E-state index in [1.54, 1.807) is 11.4 Å². The van der Waals surface area contributed by atoms with Crippen molar-refractivity contribution in [1.29, 1.82) is 0 Å². The Kier molecular flexibility index (Phi) is 7.42. The van der Waals surface area contributed by atoms with Crippen molar-refractivity contribution in [3.8, 4) is 5.69 Å². The van der Waals surface area contributed by atoms with E-state index in [-0.39, 0.29) is 17.0 Å². The zero-order valence-corrected chi connectivity index (χ0v) is 19.0. The summed E-state index contributed by atoms with van der Waals surface area (Å²) < 4.78 is 39.1. The Morgan fingerprint density at radius 3 is 2.52 bits per heavy atom. The molecule has 0 bridgehead atoms. The Morgan fingerprint density at radius 1 is 1.06 bits per heavy atom. The van der Waals surface area contributed by atoms with E-state index < -0.39 is 24.5 Å². The molecular weight excluding hydrogens is 455 g/mol. The summed E-state index contributed by atoms with van der Waals surface area (Å²) in [6.45, 7) is 4.30. The second kappa shape index (κ2) is 10.1. The highest BCUT2D eigenvalue weighted by molar-refractivity contribution is 7.99. The first-order valence-electron chi connectivity index (χ1n) is 9.91. The predicted octanol–water partition coefficient (Wildman–Crippen LogP) is 4.22. The van der Waals surface area contributed by atoms with E-state index in [1.807, 2.05) is 43.5 Å². The van der Waals surface area contributed by atoms with Crippen molar-refractivity contribution in [2.75, 3.05) is 17.6 Å². The lowest BCUT2D eigenvalue weighted by Gasteiger charge is -2.13. The molecule has 0 spiro atoms. The van der Waals surface area contributed by atoms with E-state index in [9.17, 15) is 22.8 Å². The lowest BCUT2D eigenvalue weighted by atomic mass is 10.1. The van der Waals surface area contributed by atoms with Crippen molar-refractivity contribution in [1.82, 2.24) is 20.1 Å². The molecule has 11 heteroatoms. The van der Waals surface area contributed by atoms with Crippen LogP contribution in [0, 0.1) is 20.8 Å². The van der Waals surface area contributed by atoms with Gasteiger partial charge in [0.1, 0.15) is 12.4 Å². The molecule has 0 saturated heterocycles. The number of nitrogens with one attached hydrogen (secondary N) is 2. The van der Waals surface area contributed by atoms with Crippen molar-refractivity contribution in [2.24, 2.45) is 0 Å². The molecule has 0 radical (unpaired) electrons. The van der Waals surface area contributed by atoms with Gasteiger partial charge in [-0.25, -0.2) is 0 Å². The van der Waals surface area contributed by atoms with Gasteiger partial charge in [-0.1, -0.05) is 36.0 Å². The topological polar surface area (TPSA) is 88.9 Å². The summed E-state index contributed by atoms with van der Waals surface area (Å²) in [5.41, 5.74) is 3.06. The van der Waals surface area contributed by atoms with Crippen molar-refractivity contribution in [3.63, 3.8) is 0 Å². The van der Waals surface area contributed by atoms with Gasteiger partial charge >= 0.3 is 6.18 Å². The predicted molar refractivity (Wildman–Crippen MR) is 120 cm³/mol. The number of thioether (sulfide) groups is 1. The molecule has 33 heavy (non-hydrogen) atoms. The molecule has 0 unspecified atom stereocenters. The fraction of sp³-hybridized carbons (Fsp3) is 0.273. The van der Waals surface area contributed by atoms with E-state index in [0.29, 0.717) is 11.0 Å². The van der Waals surface area contributed by atoms with Crippen LogP contribution in [-0.2, 0) is 4.79 Å². The van der Waals surface area contributed by atoms with Crippen LogP contribution in [0.5, 0.6) is 0 Å². The number of hydrogen-bond acceptors (Lipinski definition) is 5. The van der Waals surface area contributed by atoms with Gasteiger partial charge in [-0.15, -0.1) is 10.2 Å². The minimum atomic E-state index is -4.53. The molecule has 0 saturated carbocycles. The Labute approximate surface area is 192 Å². The Bertz CT molecular complexity index is 1180. The van der Waals surface area contributed by atoms with Crippen LogP contribution in [0.3, 0.4) is 0 Å². The average molecular weight is 478 g/mol. The number of para-hydroxylation sites is 1. The lowest BCUT2D eigenvalue weighted by molar-refractivity contribution is -0.123. The zero-order chi connectivity index (χ0) is 24.2. The largest absolute Gasteiger partial charge is 0.405 e. The minimum absolute atomic E-state index is 0.0402. The summed E-state index contributed by atoms with van der Waals surface area (Å²) in [7, 11) is 0. The molecule has 3 aromatic rings. The van der Waals surface area contributed by atoms with E-state index in [2.05, 4.69) is 15.5 Å². The van der Waals surface area contributed by atoms with Crippen LogP contribution >= 0.6 is 11.8 Å². The summed E-state index contributed by atoms with van der Waals surface area (Å²) in [5.74, 6) is -0.745. The molecule has 3 rings (SSSR count). The quantitative estimate of drug-likeness (QED) is 0.498. The highest BCUT2D eigenvalue weighted by atomic mass is 32.2. The maximum atomic E-state index is 12.6. The first-order chi connectivity index (χ1) is 15.5. The molecule has 2 N–H and O–H groups in total. The Balaban J connectivity index is 1.71. The fourth-order valence-corrected chi connectivity index (χ4v) is 3.85. The summed E-state index contributed by atoms with van der Waals surface area (Å²) in [6.07, 6.45) is -4.53. The summed E-state index contributed by atoms with van der Waals surface area (Å²) in [5, 5.41) is 13.2. The van der Waals surface area contributed by atoms with Crippen molar-refractivity contribution < 1.29 is 22.8 Å². The van der Waals surface area contributed by atoms with Crippen LogP contribution in [0.15, 0.2) is 47.6 Å². The SMILES string of the molecule is Cc1ccc(C)c(-n2c(C)nnc2SCC(=O)Nc2ccccc2C(=O)NCC(F)(F)F)c1. The number of nitrogens with zero attached hydrogens (tertiary/aromatic N) is 3. The zero-order valence-electron chi connectivity index (χ0n) is 18.2. The van der Waals surface area contributed by atoms with Crippen molar-refractivity contribution in [3.05, 3.63) is 65.0 Å². The number of anilines is 1. The number of halogens is 3. The van der Waals surface area contributed by atoms with E-state index >= 15 is 0 Å². The molecule has 0 fully saturated rings. The highest BCUT2D eigenvalue weighted by Crippen LogP contribution is 2.25. The first-order valence-corrected chi connectivity index (χ1v) is 10.9. The molecule has 0 aliphatic rings. The van der Waals surface area contributed by atoms with Crippen molar-refractivity contribution in [2.45, 2.75) is 32.1 Å². The van der Waals surface area contributed by atoms with Gasteiger partial charge in [0.15, 0.2) is 5.16 Å². The molecule has 1 heterocycles. The van der Waals surface area contributed by atoms with Crippen molar-refractivity contribution >= 4 is 29.3 Å². The van der Waals surface area contributed by atoms with Gasteiger partial charge in [0, 0.05) is 0 Å². The summed E-state index contributed by atoms with van der Waals surface area (Å²) in [6, 6.07) is 11.9. The molecule has 7 nitrogen and oxygen atoms in total. The van der Waals surface area contributed by atoms with Gasteiger partial charge in [0.05, 0.1) is 22.7 Å². The van der Waals surface area contributed by atoms with Crippen LogP contribution in [0.4, 0.5) is 18.9 Å². The number of amides is 2. The van der Waals surface area contributed by atoms with Crippen LogP contribution < -0.4 is 10.6 Å². The maximum Gasteiger partial charge on any atom is 0.405 e. The third-order valence-corrected chi connectivity index (χ3v) is 5.56. The third kappa shape index (κ3) is 6.35. The van der Waals surface area contributed by atoms with E-state index in [0.717, 1.165) is 28.6 Å². The number of rotatable bonds is 7. The number of aryl methyl sites for hydroxylation is 3. The van der Waals surface area contributed by atoms with Gasteiger partial charge in [0.25, 0.3) is 5.91 Å². The first kappa shape index (κ1) is 24.3. The maximum absolute atomic E-state index is 12.6. The highest BCUT2D eigenvalue weighted by Gasteiger charge is 2.28. The number of hydrogen-bond donors (Lipinski definition) is 2. The van der Waals surface area contributed by atoms with Crippen LogP contribution in [-0.4, -0.2) is 45.1 Å².